The lowest BCUT2D eigenvalue weighted by Crippen LogP contribution is -2.48. The van der Waals surface area contributed by atoms with Gasteiger partial charge in [-0.1, -0.05) is 25.5 Å². The number of aryl methyl sites for hydroxylation is 1. The molecule has 0 aliphatic heterocycles. The van der Waals surface area contributed by atoms with Crippen molar-refractivity contribution in [1.82, 2.24) is 5.32 Å². The fourth-order valence-corrected chi connectivity index (χ4v) is 2.51. The number of benzene rings is 1. The molecule has 0 saturated heterocycles. The Morgan fingerprint density at radius 1 is 1.28 bits per heavy atom. The molecule has 1 aliphatic rings. The molecule has 0 heterocycles. The Morgan fingerprint density at radius 3 is 2.39 bits per heavy atom. The van der Waals surface area contributed by atoms with Crippen LogP contribution in [0.3, 0.4) is 0 Å². The number of nitrogens with one attached hydrogen (secondary N) is 2. The highest BCUT2D eigenvalue weighted by molar-refractivity contribution is 5.96. The molecule has 1 aliphatic carbocycles. The maximum Gasteiger partial charge on any atom is 0.231 e. The predicted octanol–water partition coefficient (Wildman–Crippen LogP) is 2.58. The molecule has 0 unspecified atom stereocenters. The van der Waals surface area contributed by atoms with Crippen LogP contribution in [0.2, 0.25) is 0 Å². The molecule has 1 aromatic rings. The molecule has 3 nitrogen and oxygen atoms in total. The fourth-order valence-electron chi connectivity index (χ4n) is 2.51. The fraction of sp³-hybridized carbons (Fsp3) is 0.533. The van der Waals surface area contributed by atoms with Crippen LogP contribution in [0, 0.1) is 5.41 Å². The minimum atomic E-state index is -0.182. The van der Waals surface area contributed by atoms with E-state index >= 15 is 0 Å². The Balaban J connectivity index is 2.01. The second-order valence-electron chi connectivity index (χ2n) is 5.17. The maximum absolute atomic E-state index is 12.3. The van der Waals surface area contributed by atoms with Crippen molar-refractivity contribution in [1.29, 1.82) is 0 Å². The first kappa shape index (κ1) is 13.1. The molecule has 1 fully saturated rings. The molecule has 0 radical (unpaired) electrons. The van der Waals surface area contributed by atoms with Crippen molar-refractivity contribution in [3.8, 4) is 0 Å². The molecule has 0 spiro atoms. The summed E-state index contributed by atoms with van der Waals surface area (Å²) in [5.74, 6) is 0.160. The van der Waals surface area contributed by atoms with Crippen LogP contribution in [0.25, 0.3) is 0 Å². The summed E-state index contributed by atoms with van der Waals surface area (Å²) >= 11 is 0. The summed E-state index contributed by atoms with van der Waals surface area (Å²) in [5.41, 5.74) is 2.01. The van der Waals surface area contributed by atoms with E-state index in [9.17, 15) is 4.79 Å². The van der Waals surface area contributed by atoms with Crippen molar-refractivity contribution in [2.75, 3.05) is 18.9 Å². The molecular formula is C15H22N2O. The molecule has 2 N–H and O–H groups in total. The number of hydrogen-bond donors (Lipinski definition) is 2. The Hall–Kier alpha value is -1.35. The van der Waals surface area contributed by atoms with Gasteiger partial charge in [-0.2, -0.15) is 0 Å². The Labute approximate surface area is 109 Å². The van der Waals surface area contributed by atoms with Gasteiger partial charge >= 0.3 is 0 Å². The zero-order chi connectivity index (χ0) is 13.0. The molecule has 1 amide bonds. The lowest BCUT2D eigenvalue weighted by molar-refractivity contribution is -0.129. The number of hydrogen-bond acceptors (Lipinski definition) is 2. The third-order valence-corrected chi connectivity index (χ3v) is 3.93. The van der Waals surface area contributed by atoms with Crippen LogP contribution in [0.4, 0.5) is 5.69 Å². The van der Waals surface area contributed by atoms with E-state index in [0.29, 0.717) is 0 Å². The van der Waals surface area contributed by atoms with Crippen LogP contribution < -0.4 is 10.6 Å². The van der Waals surface area contributed by atoms with Gasteiger partial charge in [0.2, 0.25) is 5.91 Å². The standard InChI is InChI=1S/C15H22N2O/c1-3-12-5-7-13(8-6-12)17-14(18)15(11-16-2)9-4-10-15/h5-8,16H,3-4,9-11H2,1-2H3,(H,17,18). The zero-order valence-electron chi connectivity index (χ0n) is 11.3. The molecular weight excluding hydrogens is 224 g/mol. The van der Waals surface area contributed by atoms with E-state index in [1.807, 2.05) is 19.2 Å². The summed E-state index contributed by atoms with van der Waals surface area (Å²) in [6, 6.07) is 8.12. The highest BCUT2D eigenvalue weighted by atomic mass is 16.2. The molecule has 3 heteroatoms. The predicted molar refractivity (Wildman–Crippen MR) is 74.7 cm³/mol. The van der Waals surface area contributed by atoms with Gasteiger partial charge in [0.15, 0.2) is 0 Å². The van der Waals surface area contributed by atoms with E-state index in [0.717, 1.165) is 37.9 Å². The quantitative estimate of drug-likeness (QED) is 0.838. The SMILES string of the molecule is CCc1ccc(NC(=O)C2(CNC)CCC2)cc1. The second-order valence-corrected chi connectivity index (χ2v) is 5.17. The highest BCUT2D eigenvalue weighted by Crippen LogP contribution is 2.41. The van der Waals surface area contributed by atoms with Gasteiger partial charge in [0.1, 0.15) is 0 Å². The topological polar surface area (TPSA) is 41.1 Å². The van der Waals surface area contributed by atoms with Gasteiger partial charge in [-0.05, 0) is 44.0 Å². The van der Waals surface area contributed by atoms with Crippen molar-refractivity contribution in [3.63, 3.8) is 0 Å². The minimum absolute atomic E-state index is 0.160. The molecule has 18 heavy (non-hydrogen) atoms. The van der Waals surface area contributed by atoms with Crippen LogP contribution in [0.15, 0.2) is 24.3 Å². The number of carbonyl (C=O) groups excluding carboxylic acids is 1. The average molecular weight is 246 g/mol. The van der Waals surface area contributed by atoms with Crippen molar-refractivity contribution in [2.45, 2.75) is 32.6 Å². The van der Waals surface area contributed by atoms with E-state index in [1.165, 1.54) is 5.56 Å². The van der Waals surface area contributed by atoms with Gasteiger partial charge in [0.05, 0.1) is 5.41 Å². The smallest absolute Gasteiger partial charge is 0.231 e. The number of anilines is 1. The molecule has 1 aromatic carbocycles. The molecule has 0 aromatic heterocycles. The molecule has 1 saturated carbocycles. The van der Waals surface area contributed by atoms with Crippen LogP contribution in [0.5, 0.6) is 0 Å². The van der Waals surface area contributed by atoms with E-state index < -0.39 is 0 Å². The zero-order valence-corrected chi connectivity index (χ0v) is 11.3. The number of carbonyl (C=O) groups is 1. The minimum Gasteiger partial charge on any atom is -0.326 e. The second kappa shape index (κ2) is 5.53. The van der Waals surface area contributed by atoms with E-state index in [4.69, 9.17) is 0 Å². The molecule has 0 bridgehead atoms. The monoisotopic (exact) mass is 246 g/mol. The van der Waals surface area contributed by atoms with Crippen molar-refractivity contribution < 1.29 is 4.79 Å². The first-order valence-electron chi connectivity index (χ1n) is 6.75. The lowest BCUT2D eigenvalue weighted by atomic mass is 9.68. The summed E-state index contributed by atoms with van der Waals surface area (Å²) in [6.07, 6.45) is 4.17. The van der Waals surface area contributed by atoms with Crippen LogP contribution in [0.1, 0.15) is 31.7 Å². The van der Waals surface area contributed by atoms with Gasteiger partial charge in [-0.25, -0.2) is 0 Å². The normalized spacial score (nSPS) is 17.0. The van der Waals surface area contributed by atoms with E-state index in [2.05, 4.69) is 29.7 Å². The summed E-state index contributed by atoms with van der Waals surface area (Å²) in [7, 11) is 1.91. The summed E-state index contributed by atoms with van der Waals surface area (Å²) < 4.78 is 0. The average Bonchev–Trinajstić information content (AvgIpc) is 2.34. The van der Waals surface area contributed by atoms with Gasteiger partial charge in [-0.3, -0.25) is 4.79 Å². The highest BCUT2D eigenvalue weighted by Gasteiger charge is 2.43. The Kier molecular flexibility index (Phi) is 4.02. The van der Waals surface area contributed by atoms with Crippen molar-refractivity contribution in [3.05, 3.63) is 29.8 Å². The summed E-state index contributed by atoms with van der Waals surface area (Å²) in [4.78, 5) is 12.3. The van der Waals surface area contributed by atoms with E-state index in [-0.39, 0.29) is 11.3 Å². The number of rotatable bonds is 5. The van der Waals surface area contributed by atoms with Crippen molar-refractivity contribution in [2.24, 2.45) is 5.41 Å². The van der Waals surface area contributed by atoms with Gasteiger partial charge < -0.3 is 10.6 Å². The Morgan fingerprint density at radius 2 is 1.94 bits per heavy atom. The molecule has 0 atom stereocenters. The molecule has 2 rings (SSSR count). The van der Waals surface area contributed by atoms with Gasteiger partial charge in [0, 0.05) is 12.2 Å². The third-order valence-electron chi connectivity index (χ3n) is 3.93. The van der Waals surface area contributed by atoms with Gasteiger partial charge in [0.25, 0.3) is 0 Å². The van der Waals surface area contributed by atoms with Crippen LogP contribution in [-0.2, 0) is 11.2 Å². The van der Waals surface area contributed by atoms with Crippen molar-refractivity contribution >= 4 is 11.6 Å². The summed E-state index contributed by atoms with van der Waals surface area (Å²) in [5, 5.41) is 6.18. The Bertz CT molecular complexity index is 407. The first-order valence-corrected chi connectivity index (χ1v) is 6.75. The van der Waals surface area contributed by atoms with Gasteiger partial charge in [-0.15, -0.1) is 0 Å². The lowest BCUT2D eigenvalue weighted by Gasteiger charge is -2.40. The number of amides is 1. The van der Waals surface area contributed by atoms with E-state index in [1.54, 1.807) is 0 Å². The summed E-state index contributed by atoms with van der Waals surface area (Å²) in [6.45, 7) is 2.90. The van der Waals surface area contributed by atoms with Crippen LogP contribution >= 0.6 is 0 Å². The maximum atomic E-state index is 12.3. The largest absolute Gasteiger partial charge is 0.326 e. The van der Waals surface area contributed by atoms with Crippen LogP contribution in [-0.4, -0.2) is 19.5 Å². The third kappa shape index (κ3) is 2.56. The first-order chi connectivity index (χ1) is 8.70. The molecule has 98 valence electrons.